The van der Waals surface area contributed by atoms with Gasteiger partial charge in [-0.15, -0.1) is 0 Å². The molecule has 2 aliphatic rings. The van der Waals surface area contributed by atoms with E-state index in [0.717, 1.165) is 43.2 Å². The van der Waals surface area contributed by atoms with E-state index < -0.39 is 0 Å². The van der Waals surface area contributed by atoms with Crippen molar-refractivity contribution in [3.05, 3.63) is 65.5 Å². The number of aliphatic imine (C=N–C) groups is 1. The van der Waals surface area contributed by atoms with Gasteiger partial charge in [-0.3, -0.25) is 4.68 Å². The Morgan fingerprint density at radius 3 is 2.65 bits per heavy atom. The first-order chi connectivity index (χ1) is 15.2. The van der Waals surface area contributed by atoms with Crippen molar-refractivity contribution >= 4 is 12.4 Å². The van der Waals surface area contributed by atoms with Crippen LogP contribution < -0.4 is 10.1 Å². The number of hydrogen-bond donors (Lipinski definition) is 1. The minimum absolute atomic E-state index is 0.347. The van der Waals surface area contributed by atoms with Crippen LogP contribution in [0.15, 0.2) is 59.2 Å². The van der Waals surface area contributed by atoms with Crippen LogP contribution in [0.25, 0.3) is 0 Å². The van der Waals surface area contributed by atoms with Gasteiger partial charge >= 0.3 is 0 Å². The van der Waals surface area contributed by atoms with E-state index in [4.69, 9.17) is 19.8 Å². The first kappa shape index (κ1) is 20.9. The fourth-order valence-electron chi connectivity index (χ4n) is 3.58. The lowest BCUT2D eigenvalue weighted by Crippen LogP contribution is -2.15. The zero-order valence-corrected chi connectivity index (χ0v) is 17.8. The summed E-state index contributed by atoms with van der Waals surface area (Å²) in [6.45, 7) is 7.11. The summed E-state index contributed by atoms with van der Waals surface area (Å²) in [5.74, 6) is 2.36. The van der Waals surface area contributed by atoms with Crippen LogP contribution in [0.1, 0.15) is 55.8 Å². The molecule has 0 atom stereocenters. The van der Waals surface area contributed by atoms with E-state index >= 15 is 0 Å². The Hall–Kier alpha value is -3.37. The number of nitrogens with one attached hydrogen (secondary N) is 1. The molecular formula is C24H27N5O2. The van der Waals surface area contributed by atoms with Crippen molar-refractivity contribution in [3.8, 4) is 11.8 Å². The molecule has 1 aromatic carbocycles. The van der Waals surface area contributed by atoms with Gasteiger partial charge in [-0.1, -0.05) is 0 Å². The van der Waals surface area contributed by atoms with Crippen molar-refractivity contribution in [2.45, 2.75) is 44.6 Å². The molecule has 1 N–H and O–H groups in total. The zero-order chi connectivity index (χ0) is 21.6. The van der Waals surface area contributed by atoms with E-state index in [1.165, 1.54) is 12.8 Å². The van der Waals surface area contributed by atoms with Crippen LogP contribution in [0.5, 0.6) is 5.75 Å². The van der Waals surface area contributed by atoms with E-state index in [2.05, 4.69) is 27.8 Å². The Kier molecular flexibility index (Phi) is 6.48. The van der Waals surface area contributed by atoms with Crippen LogP contribution in [0.3, 0.4) is 0 Å². The molecule has 4 rings (SSSR count). The minimum atomic E-state index is 0.347. The van der Waals surface area contributed by atoms with Crippen LogP contribution in [-0.4, -0.2) is 29.7 Å². The Bertz CT molecular complexity index is 1020. The third-order valence-electron chi connectivity index (χ3n) is 5.50. The molecule has 31 heavy (non-hydrogen) atoms. The van der Waals surface area contributed by atoms with Gasteiger partial charge in [-0.25, -0.2) is 4.99 Å². The molecule has 160 valence electrons. The largest absolute Gasteiger partial charge is 0.454 e. The molecule has 0 spiro atoms. The van der Waals surface area contributed by atoms with Gasteiger partial charge in [0, 0.05) is 30.9 Å². The van der Waals surface area contributed by atoms with Crippen molar-refractivity contribution < 1.29 is 9.47 Å². The molecule has 1 aromatic heterocycles. The predicted molar refractivity (Wildman–Crippen MR) is 120 cm³/mol. The molecule has 7 nitrogen and oxygen atoms in total. The lowest BCUT2D eigenvalue weighted by atomic mass is 9.96. The van der Waals surface area contributed by atoms with Crippen LogP contribution >= 0.6 is 0 Å². The van der Waals surface area contributed by atoms with Crippen molar-refractivity contribution in [1.29, 1.82) is 5.26 Å². The number of hydrogen-bond acceptors (Lipinski definition) is 6. The zero-order valence-electron chi connectivity index (χ0n) is 17.8. The Morgan fingerprint density at radius 2 is 2.03 bits per heavy atom. The monoisotopic (exact) mass is 417 g/mol. The lowest BCUT2D eigenvalue weighted by Gasteiger charge is -2.21. The molecular weight excluding hydrogens is 390 g/mol. The van der Waals surface area contributed by atoms with Crippen molar-refractivity contribution in [3.63, 3.8) is 0 Å². The Balaban J connectivity index is 1.53. The molecule has 0 amide bonds. The fourth-order valence-corrected chi connectivity index (χ4v) is 3.58. The molecule has 0 unspecified atom stereocenters. The molecule has 2 fully saturated rings. The number of nitriles is 1. The maximum Gasteiger partial charge on any atom is 0.168 e. The topological polar surface area (TPSA) is 84.5 Å². The molecule has 2 heterocycles. The van der Waals surface area contributed by atoms with Gasteiger partial charge < -0.3 is 14.8 Å². The maximum absolute atomic E-state index is 8.96. The second-order valence-electron chi connectivity index (χ2n) is 7.77. The van der Waals surface area contributed by atoms with Gasteiger partial charge in [0.1, 0.15) is 17.3 Å². The number of anilines is 1. The summed E-state index contributed by atoms with van der Waals surface area (Å²) >= 11 is 0. The average Bonchev–Trinajstić information content (AvgIpc) is 3.59. The highest BCUT2D eigenvalue weighted by molar-refractivity contribution is 5.52. The number of rotatable bonds is 8. The summed E-state index contributed by atoms with van der Waals surface area (Å²) in [5.41, 5.74) is 2.43. The maximum atomic E-state index is 8.96. The van der Waals surface area contributed by atoms with Crippen LogP contribution in [0, 0.1) is 11.3 Å². The third-order valence-corrected chi connectivity index (χ3v) is 5.50. The number of ether oxygens (including phenoxy) is 2. The second-order valence-corrected chi connectivity index (χ2v) is 7.77. The SMILES string of the molecule is C=N/C(=C\C(=C/C)Oc1cn(C2CC2)nc1C1CCOCC1)Nc1ccc(C#N)cc1. The van der Waals surface area contributed by atoms with Gasteiger partial charge in [-0.2, -0.15) is 10.4 Å². The molecule has 0 bridgehead atoms. The molecule has 2 aromatic rings. The lowest BCUT2D eigenvalue weighted by molar-refractivity contribution is 0.0839. The molecule has 1 aliphatic carbocycles. The van der Waals surface area contributed by atoms with E-state index in [1.54, 1.807) is 12.1 Å². The van der Waals surface area contributed by atoms with E-state index in [9.17, 15) is 0 Å². The molecule has 7 heteroatoms. The molecule has 1 aliphatic heterocycles. The number of nitrogens with zero attached hydrogens (tertiary/aromatic N) is 4. The van der Waals surface area contributed by atoms with E-state index in [0.29, 0.717) is 29.1 Å². The Morgan fingerprint density at radius 1 is 1.29 bits per heavy atom. The molecule has 0 radical (unpaired) electrons. The molecule has 1 saturated heterocycles. The highest BCUT2D eigenvalue weighted by Crippen LogP contribution is 2.39. The first-order valence-electron chi connectivity index (χ1n) is 10.7. The average molecular weight is 418 g/mol. The van der Waals surface area contributed by atoms with Gasteiger partial charge in [-0.05, 0) is 69.7 Å². The number of allylic oxidation sites excluding steroid dienone is 2. The normalized spacial score (nSPS) is 17.8. The summed E-state index contributed by atoms with van der Waals surface area (Å²) in [6.07, 6.45) is 9.99. The Labute approximate surface area is 182 Å². The summed E-state index contributed by atoms with van der Waals surface area (Å²) in [5, 5.41) is 17.0. The van der Waals surface area contributed by atoms with Crippen LogP contribution in [-0.2, 0) is 4.74 Å². The van der Waals surface area contributed by atoms with Gasteiger partial charge in [0.05, 0.1) is 23.9 Å². The van der Waals surface area contributed by atoms with Crippen molar-refractivity contribution in [1.82, 2.24) is 9.78 Å². The molecule has 1 saturated carbocycles. The van der Waals surface area contributed by atoms with Crippen LogP contribution in [0.4, 0.5) is 5.69 Å². The van der Waals surface area contributed by atoms with Crippen molar-refractivity contribution in [2.24, 2.45) is 4.99 Å². The number of aromatic nitrogens is 2. The van der Waals surface area contributed by atoms with Gasteiger partial charge in [0.15, 0.2) is 5.75 Å². The summed E-state index contributed by atoms with van der Waals surface area (Å²) in [4.78, 5) is 4.09. The van der Waals surface area contributed by atoms with Gasteiger partial charge in [0.25, 0.3) is 0 Å². The fraction of sp³-hybridized carbons (Fsp3) is 0.375. The summed E-state index contributed by atoms with van der Waals surface area (Å²) in [6, 6.07) is 9.77. The standard InChI is InChI=1S/C24H27N5O2/c1-3-21(14-23(26-2)27-19-6-4-17(15-25)5-7-19)31-22-16-29(20-8-9-20)28-24(22)18-10-12-30-13-11-18/h3-7,14,16,18,20,27H,2,8-13H2,1H3/b21-3+,23-14+. The quantitative estimate of drug-likeness (QED) is 0.374. The third kappa shape index (κ3) is 5.22. The van der Waals surface area contributed by atoms with Crippen molar-refractivity contribution in [2.75, 3.05) is 18.5 Å². The summed E-state index contributed by atoms with van der Waals surface area (Å²) in [7, 11) is 0. The predicted octanol–water partition coefficient (Wildman–Crippen LogP) is 4.92. The highest BCUT2D eigenvalue weighted by atomic mass is 16.5. The van der Waals surface area contributed by atoms with Gasteiger partial charge in [0.2, 0.25) is 0 Å². The van der Waals surface area contributed by atoms with E-state index in [1.807, 2.05) is 37.4 Å². The van der Waals surface area contributed by atoms with Crippen LogP contribution in [0.2, 0.25) is 0 Å². The smallest absolute Gasteiger partial charge is 0.168 e. The second kappa shape index (κ2) is 9.63. The first-order valence-corrected chi connectivity index (χ1v) is 10.7. The minimum Gasteiger partial charge on any atom is -0.454 e. The highest BCUT2D eigenvalue weighted by Gasteiger charge is 2.29. The number of benzene rings is 1. The van der Waals surface area contributed by atoms with E-state index in [-0.39, 0.29) is 0 Å². The summed E-state index contributed by atoms with van der Waals surface area (Å²) < 4.78 is 13.9.